The Hall–Kier alpha value is -1.38. The molecule has 1 saturated heterocycles. The van der Waals surface area contributed by atoms with Crippen LogP contribution < -0.4 is 16.2 Å². The minimum Gasteiger partial charge on any atom is -0.384 e. The van der Waals surface area contributed by atoms with E-state index in [9.17, 15) is 13.6 Å². The Balaban J connectivity index is 0.00000150. The maximum Gasteiger partial charge on any atom is 0.259 e. The lowest BCUT2D eigenvalue weighted by atomic mass is 10.1. The van der Waals surface area contributed by atoms with Crippen molar-refractivity contribution in [2.75, 3.05) is 25.0 Å². The molecule has 2 aliphatic rings. The van der Waals surface area contributed by atoms with Gasteiger partial charge in [-0.2, -0.15) is 11.8 Å². The molecule has 1 aromatic heterocycles. The molecule has 4 rings (SSSR count). The number of nitrogens with zero attached hydrogens (tertiary/aromatic N) is 1. The third-order valence-electron chi connectivity index (χ3n) is 5.31. The maximum absolute atomic E-state index is 13.1. The van der Waals surface area contributed by atoms with E-state index in [0.29, 0.717) is 27.7 Å². The number of aryl methyl sites for hydroxylation is 1. The quantitative estimate of drug-likeness (QED) is 0.615. The summed E-state index contributed by atoms with van der Waals surface area (Å²) in [5, 5.41) is 7.57. The number of anilines is 1. The molecule has 1 saturated carbocycles. The maximum atomic E-state index is 13.1. The minimum atomic E-state index is -2.53. The van der Waals surface area contributed by atoms with E-state index < -0.39 is 11.8 Å². The van der Waals surface area contributed by atoms with Crippen molar-refractivity contribution in [3.05, 3.63) is 33.9 Å². The van der Waals surface area contributed by atoms with E-state index >= 15 is 0 Å². The van der Waals surface area contributed by atoms with E-state index in [1.807, 2.05) is 24.8 Å². The van der Waals surface area contributed by atoms with Gasteiger partial charge in [-0.3, -0.25) is 4.79 Å². The summed E-state index contributed by atoms with van der Waals surface area (Å²) in [7, 11) is 0. The van der Waals surface area contributed by atoms with Gasteiger partial charge in [0.25, 0.3) is 11.5 Å². The number of rotatable bonds is 6. The second-order valence-corrected chi connectivity index (χ2v) is 8.79. The van der Waals surface area contributed by atoms with Crippen LogP contribution in [0.1, 0.15) is 38.1 Å². The zero-order chi connectivity index (χ0) is 19.0. The number of fused-ring (bicyclic) bond motifs is 1. The average molecular weight is 447 g/mol. The molecular formula is C20H29ClF2N4OS. The van der Waals surface area contributed by atoms with Gasteiger partial charge in [0.05, 0.1) is 16.7 Å². The SMILES string of the molecule is C.Cc1cc(NCC2CC2(F)F)cc2nc(CSC3CCNCC3)[nH]c(=O)c12.Cl. The lowest BCUT2D eigenvalue weighted by Gasteiger charge is -2.21. The van der Waals surface area contributed by atoms with E-state index in [-0.39, 0.29) is 38.4 Å². The summed E-state index contributed by atoms with van der Waals surface area (Å²) < 4.78 is 26.1. The van der Waals surface area contributed by atoms with Gasteiger partial charge >= 0.3 is 0 Å². The number of thioether (sulfide) groups is 1. The normalized spacial score (nSPS) is 20.6. The van der Waals surface area contributed by atoms with Crippen molar-refractivity contribution in [1.82, 2.24) is 15.3 Å². The largest absolute Gasteiger partial charge is 0.384 e. The van der Waals surface area contributed by atoms with Crippen LogP contribution >= 0.6 is 24.2 Å². The fraction of sp³-hybridized carbons (Fsp3) is 0.600. The number of hydrogen-bond acceptors (Lipinski definition) is 5. The number of hydrogen-bond donors (Lipinski definition) is 3. The molecule has 0 bridgehead atoms. The first kappa shape index (κ1) is 23.9. The molecule has 1 aromatic carbocycles. The van der Waals surface area contributed by atoms with Crippen LogP contribution in [-0.4, -0.2) is 40.8 Å². The second kappa shape index (κ2) is 9.62. The summed E-state index contributed by atoms with van der Waals surface area (Å²) in [4.78, 5) is 20.0. The Bertz CT molecular complexity index is 902. The number of halogens is 3. The van der Waals surface area contributed by atoms with Crippen molar-refractivity contribution >= 4 is 40.8 Å². The molecule has 1 unspecified atom stereocenters. The summed E-state index contributed by atoms with van der Waals surface area (Å²) in [5.41, 5.74) is 2.00. The highest BCUT2D eigenvalue weighted by atomic mass is 35.5. The highest BCUT2D eigenvalue weighted by Gasteiger charge is 2.56. The third-order valence-corrected chi connectivity index (χ3v) is 6.69. The Morgan fingerprint density at radius 3 is 2.66 bits per heavy atom. The fourth-order valence-corrected chi connectivity index (χ4v) is 4.68. The van der Waals surface area contributed by atoms with Gasteiger partial charge in [-0.1, -0.05) is 7.43 Å². The van der Waals surface area contributed by atoms with Gasteiger partial charge in [-0.25, -0.2) is 13.8 Å². The molecule has 29 heavy (non-hydrogen) atoms. The molecule has 162 valence electrons. The highest BCUT2D eigenvalue weighted by Crippen LogP contribution is 2.48. The van der Waals surface area contributed by atoms with Crippen LogP contribution in [0.4, 0.5) is 14.5 Å². The van der Waals surface area contributed by atoms with Crippen LogP contribution in [-0.2, 0) is 5.75 Å². The molecule has 3 N–H and O–H groups in total. The van der Waals surface area contributed by atoms with Gasteiger partial charge in [-0.15, -0.1) is 12.4 Å². The van der Waals surface area contributed by atoms with Crippen LogP contribution in [0, 0.1) is 12.8 Å². The predicted molar refractivity (Wildman–Crippen MR) is 120 cm³/mol. The topological polar surface area (TPSA) is 69.8 Å². The van der Waals surface area contributed by atoms with E-state index in [4.69, 9.17) is 0 Å². The third kappa shape index (κ3) is 5.61. The molecule has 0 spiro atoms. The van der Waals surface area contributed by atoms with Crippen molar-refractivity contribution in [3.63, 3.8) is 0 Å². The molecule has 2 aromatic rings. The monoisotopic (exact) mass is 446 g/mol. The molecule has 1 atom stereocenters. The molecule has 9 heteroatoms. The molecule has 0 amide bonds. The van der Waals surface area contributed by atoms with E-state index in [1.54, 1.807) is 6.07 Å². The number of benzene rings is 1. The Morgan fingerprint density at radius 1 is 1.31 bits per heavy atom. The van der Waals surface area contributed by atoms with Crippen molar-refractivity contribution in [3.8, 4) is 0 Å². The van der Waals surface area contributed by atoms with E-state index in [0.717, 1.165) is 37.2 Å². The zero-order valence-corrected chi connectivity index (χ0v) is 17.3. The molecule has 1 aliphatic carbocycles. The smallest absolute Gasteiger partial charge is 0.259 e. The van der Waals surface area contributed by atoms with Crippen LogP contribution in [0.25, 0.3) is 10.9 Å². The van der Waals surface area contributed by atoms with Crippen LogP contribution in [0.15, 0.2) is 16.9 Å². The number of alkyl halides is 2. The first-order valence-corrected chi connectivity index (χ1v) is 10.4. The molecule has 1 aliphatic heterocycles. The first-order valence-electron chi connectivity index (χ1n) is 9.40. The minimum absolute atomic E-state index is 0. The van der Waals surface area contributed by atoms with Crippen LogP contribution in [0.2, 0.25) is 0 Å². The lowest BCUT2D eigenvalue weighted by molar-refractivity contribution is 0.101. The summed E-state index contributed by atoms with van der Waals surface area (Å²) >= 11 is 1.83. The van der Waals surface area contributed by atoms with Crippen LogP contribution in [0.3, 0.4) is 0 Å². The molecule has 2 fully saturated rings. The van der Waals surface area contributed by atoms with Crippen LogP contribution in [0.5, 0.6) is 0 Å². The second-order valence-electron chi connectivity index (χ2n) is 7.50. The average Bonchev–Trinajstić information content (AvgIpc) is 3.25. The molecule has 0 radical (unpaired) electrons. The van der Waals surface area contributed by atoms with Gasteiger partial charge in [-0.05, 0) is 50.6 Å². The van der Waals surface area contributed by atoms with Crippen molar-refractivity contribution in [2.24, 2.45) is 5.92 Å². The fourth-order valence-electron chi connectivity index (χ4n) is 3.58. The van der Waals surface area contributed by atoms with Gasteiger partial charge < -0.3 is 15.6 Å². The number of aromatic nitrogens is 2. The predicted octanol–water partition coefficient (Wildman–Crippen LogP) is 4.34. The van der Waals surface area contributed by atoms with Crippen molar-refractivity contribution in [2.45, 2.75) is 50.5 Å². The number of aromatic amines is 1. The summed E-state index contributed by atoms with van der Waals surface area (Å²) in [6, 6.07) is 3.61. The van der Waals surface area contributed by atoms with E-state index in [1.165, 1.54) is 0 Å². The van der Waals surface area contributed by atoms with Gasteiger partial charge in [0.15, 0.2) is 0 Å². The first-order chi connectivity index (χ1) is 12.9. The zero-order valence-electron chi connectivity index (χ0n) is 15.7. The summed E-state index contributed by atoms with van der Waals surface area (Å²) in [6.07, 6.45) is 2.20. The standard InChI is InChI=1S/C19H24F2N4OS.CH4.ClH/c1-11-6-13(23-9-12-8-19(12,20)21)7-15-17(11)18(26)25-16(24-15)10-27-14-2-4-22-5-3-14;;/h6-7,12,14,22-23H,2-5,8-10H2,1H3,(H,24,25,26);1H4;1H. The van der Waals surface area contributed by atoms with Gasteiger partial charge in [0, 0.05) is 29.8 Å². The van der Waals surface area contributed by atoms with Gasteiger partial charge in [0.1, 0.15) is 5.82 Å². The summed E-state index contributed by atoms with van der Waals surface area (Å²) in [6.45, 7) is 4.15. The number of nitrogens with one attached hydrogen (secondary N) is 3. The Labute approximate surface area is 180 Å². The van der Waals surface area contributed by atoms with Crippen molar-refractivity contribution in [1.29, 1.82) is 0 Å². The number of H-pyrrole nitrogens is 1. The summed E-state index contributed by atoms with van der Waals surface area (Å²) in [5.74, 6) is -1.80. The van der Waals surface area contributed by atoms with Gasteiger partial charge in [0.2, 0.25) is 0 Å². The van der Waals surface area contributed by atoms with E-state index in [2.05, 4.69) is 20.6 Å². The lowest BCUT2D eigenvalue weighted by Crippen LogP contribution is -2.29. The Kier molecular flexibility index (Phi) is 7.93. The van der Waals surface area contributed by atoms with Crippen molar-refractivity contribution < 1.29 is 8.78 Å². The Morgan fingerprint density at radius 2 is 2.00 bits per heavy atom. The highest BCUT2D eigenvalue weighted by molar-refractivity contribution is 7.99. The molecule has 2 heterocycles. The molecule has 5 nitrogen and oxygen atoms in total. The molecular weight excluding hydrogens is 418 g/mol. The number of piperidine rings is 1.